The Balaban J connectivity index is 1.91. The molecule has 0 aromatic heterocycles. The van der Waals surface area contributed by atoms with Gasteiger partial charge < -0.3 is 5.32 Å². The number of aryl methyl sites for hydroxylation is 1. The normalized spacial score (nSPS) is 13.8. The van der Waals surface area contributed by atoms with Gasteiger partial charge in [-0.05, 0) is 53.8 Å². The largest absolute Gasteiger partial charge is 0.326 e. The SMILES string of the molecule is O=C1CCc2cc(Cl)c(Cc3ccc(F)cc3)cc2N1. The molecule has 20 heavy (non-hydrogen) atoms. The molecule has 0 spiro atoms. The number of anilines is 1. The first kappa shape index (κ1) is 13.1. The zero-order valence-corrected chi connectivity index (χ0v) is 11.5. The van der Waals surface area contributed by atoms with Crippen molar-refractivity contribution in [2.45, 2.75) is 19.3 Å². The topological polar surface area (TPSA) is 29.1 Å². The minimum Gasteiger partial charge on any atom is -0.326 e. The van der Waals surface area contributed by atoms with Crippen molar-refractivity contribution in [3.8, 4) is 0 Å². The Bertz CT molecular complexity index is 667. The van der Waals surface area contributed by atoms with Gasteiger partial charge in [-0.25, -0.2) is 4.39 Å². The molecular formula is C16H13ClFNO. The molecule has 102 valence electrons. The summed E-state index contributed by atoms with van der Waals surface area (Å²) in [6, 6.07) is 10.2. The minimum absolute atomic E-state index is 0.0348. The van der Waals surface area contributed by atoms with Crippen molar-refractivity contribution >= 4 is 23.2 Å². The predicted octanol–water partition coefficient (Wildman–Crippen LogP) is 3.95. The fourth-order valence-corrected chi connectivity index (χ4v) is 2.65. The molecule has 3 rings (SSSR count). The van der Waals surface area contributed by atoms with Gasteiger partial charge >= 0.3 is 0 Å². The van der Waals surface area contributed by atoms with E-state index in [1.165, 1.54) is 12.1 Å². The highest BCUT2D eigenvalue weighted by atomic mass is 35.5. The monoisotopic (exact) mass is 289 g/mol. The zero-order valence-electron chi connectivity index (χ0n) is 10.7. The summed E-state index contributed by atoms with van der Waals surface area (Å²) in [7, 11) is 0. The Labute approximate surface area is 121 Å². The molecule has 0 unspecified atom stereocenters. The van der Waals surface area contributed by atoms with Crippen molar-refractivity contribution in [2.24, 2.45) is 0 Å². The summed E-state index contributed by atoms with van der Waals surface area (Å²) in [6.07, 6.45) is 1.83. The van der Waals surface area contributed by atoms with Gasteiger partial charge in [-0.1, -0.05) is 23.7 Å². The molecule has 2 aromatic rings. The van der Waals surface area contributed by atoms with Crippen LogP contribution in [-0.2, 0) is 17.6 Å². The second kappa shape index (κ2) is 5.25. The van der Waals surface area contributed by atoms with Gasteiger partial charge in [0.1, 0.15) is 5.82 Å². The lowest BCUT2D eigenvalue weighted by Gasteiger charge is -2.18. The van der Waals surface area contributed by atoms with Crippen LogP contribution < -0.4 is 5.32 Å². The smallest absolute Gasteiger partial charge is 0.224 e. The van der Waals surface area contributed by atoms with Gasteiger partial charge in [-0.15, -0.1) is 0 Å². The maximum atomic E-state index is 12.9. The van der Waals surface area contributed by atoms with Crippen LogP contribution in [0.3, 0.4) is 0 Å². The van der Waals surface area contributed by atoms with E-state index in [4.69, 9.17) is 11.6 Å². The van der Waals surface area contributed by atoms with E-state index in [9.17, 15) is 9.18 Å². The molecule has 1 heterocycles. The minimum atomic E-state index is -0.252. The Morgan fingerprint density at radius 3 is 2.65 bits per heavy atom. The molecule has 0 saturated carbocycles. The van der Waals surface area contributed by atoms with Gasteiger partial charge in [0.15, 0.2) is 0 Å². The summed E-state index contributed by atoms with van der Waals surface area (Å²) in [6.45, 7) is 0. The van der Waals surface area contributed by atoms with Gasteiger partial charge in [0.2, 0.25) is 5.91 Å². The summed E-state index contributed by atoms with van der Waals surface area (Å²) < 4.78 is 12.9. The Morgan fingerprint density at radius 2 is 1.90 bits per heavy atom. The zero-order chi connectivity index (χ0) is 14.1. The van der Waals surface area contributed by atoms with Crippen LogP contribution in [0.15, 0.2) is 36.4 Å². The molecule has 0 radical (unpaired) electrons. The van der Waals surface area contributed by atoms with Crippen molar-refractivity contribution in [3.63, 3.8) is 0 Å². The van der Waals surface area contributed by atoms with Crippen LogP contribution in [-0.4, -0.2) is 5.91 Å². The molecule has 1 aliphatic rings. The molecule has 0 aliphatic carbocycles. The van der Waals surface area contributed by atoms with Gasteiger partial charge in [0.25, 0.3) is 0 Å². The first-order valence-corrected chi connectivity index (χ1v) is 6.85. The highest BCUT2D eigenvalue weighted by Crippen LogP contribution is 2.30. The van der Waals surface area contributed by atoms with Gasteiger partial charge in [0.05, 0.1) is 0 Å². The Kier molecular flexibility index (Phi) is 3.45. The number of fused-ring (bicyclic) bond motifs is 1. The molecule has 0 fully saturated rings. The summed E-state index contributed by atoms with van der Waals surface area (Å²) >= 11 is 6.29. The number of halogens is 2. The van der Waals surface area contributed by atoms with Gasteiger partial charge in [-0.2, -0.15) is 0 Å². The lowest BCUT2D eigenvalue weighted by Crippen LogP contribution is -2.19. The second-order valence-corrected chi connectivity index (χ2v) is 5.36. The summed E-state index contributed by atoms with van der Waals surface area (Å²) in [5.74, 6) is -0.217. The number of benzene rings is 2. The molecule has 1 aliphatic heterocycles. The number of hydrogen-bond acceptors (Lipinski definition) is 1. The highest BCUT2D eigenvalue weighted by molar-refractivity contribution is 6.31. The van der Waals surface area contributed by atoms with Crippen LogP contribution in [0, 0.1) is 5.82 Å². The van der Waals surface area contributed by atoms with E-state index >= 15 is 0 Å². The molecule has 0 atom stereocenters. The fourth-order valence-electron chi connectivity index (χ4n) is 2.40. The average Bonchev–Trinajstić information content (AvgIpc) is 2.42. The molecule has 1 amide bonds. The number of amides is 1. The highest BCUT2D eigenvalue weighted by Gasteiger charge is 2.17. The number of rotatable bonds is 2. The number of carbonyl (C=O) groups is 1. The van der Waals surface area contributed by atoms with E-state index < -0.39 is 0 Å². The number of hydrogen-bond donors (Lipinski definition) is 1. The maximum absolute atomic E-state index is 12.9. The molecule has 0 saturated heterocycles. The van der Waals surface area contributed by atoms with E-state index in [1.807, 2.05) is 12.1 Å². The fraction of sp³-hybridized carbons (Fsp3) is 0.188. The maximum Gasteiger partial charge on any atom is 0.224 e. The van der Waals surface area contributed by atoms with Crippen molar-refractivity contribution < 1.29 is 9.18 Å². The third kappa shape index (κ3) is 2.68. The number of carbonyl (C=O) groups excluding carboxylic acids is 1. The first-order valence-electron chi connectivity index (χ1n) is 6.47. The predicted molar refractivity (Wildman–Crippen MR) is 77.6 cm³/mol. The third-order valence-electron chi connectivity index (χ3n) is 3.48. The van der Waals surface area contributed by atoms with Crippen molar-refractivity contribution in [2.75, 3.05) is 5.32 Å². The van der Waals surface area contributed by atoms with Crippen molar-refractivity contribution in [1.82, 2.24) is 0 Å². The molecule has 0 bridgehead atoms. The quantitative estimate of drug-likeness (QED) is 0.891. The standard InChI is InChI=1S/C16H13ClFNO/c17-14-8-11-3-6-16(20)19-15(11)9-12(14)7-10-1-4-13(18)5-2-10/h1-2,4-5,8-9H,3,6-7H2,(H,19,20). The average molecular weight is 290 g/mol. The molecule has 4 heteroatoms. The van der Waals surface area contributed by atoms with Crippen molar-refractivity contribution in [3.05, 3.63) is 63.9 Å². The van der Waals surface area contributed by atoms with E-state index in [-0.39, 0.29) is 11.7 Å². The van der Waals surface area contributed by atoms with Crippen LogP contribution in [0.1, 0.15) is 23.1 Å². The Morgan fingerprint density at radius 1 is 1.15 bits per heavy atom. The lowest BCUT2D eigenvalue weighted by molar-refractivity contribution is -0.116. The third-order valence-corrected chi connectivity index (χ3v) is 3.83. The van der Waals surface area contributed by atoms with E-state index in [2.05, 4.69) is 5.32 Å². The van der Waals surface area contributed by atoms with E-state index in [0.29, 0.717) is 17.9 Å². The van der Waals surface area contributed by atoms with Crippen LogP contribution in [0.2, 0.25) is 5.02 Å². The van der Waals surface area contributed by atoms with Crippen LogP contribution in [0.25, 0.3) is 0 Å². The van der Waals surface area contributed by atoms with Crippen LogP contribution in [0.5, 0.6) is 0 Å². The van der Waals surface area contributed by atoms with Crippen LogP contribution in [0.4, 0.5) is 10.1 Å². The summed E-state index contributed by atoms with van der Waals surface area (Å²) in [4.78, 5) is 11.4. The molecular weight excluding hydrogens is 277 g/mol. The van der Waals surface area contributed by atoms with Crippen molar-refractivity contribution in [1.29, 1.82) is 0 Å². The van der Waals surface area contributed by atoms with Crippen LogP contribution >= 0.6 is 11.6 Å². The lowest BCUT2D eigenvalue weighted by atomic mass is 9.97. The molecule has 2 aromatic carbocycles. The second-order valence-electron chi connectivity index (χ2n) is 4.95. The number of nitrogens with one attached hydrogen (secondary N) is 1. The van der Waals surface area contributed by atoms with Gasteiger partial charge in [0, 0.05) is 17.1 Å². The molecule has 1 N–H and O–H groups in total. The van der Waals surface area contributed by atoms with Gasteiger partial charge in [-0.3, -0.25) is 4.79 Å². The molecule has 2 nitrogen and oxygen atoms in total. The summed E-state index contributed by atoms with van der Waals surface area (Å²) in [5.41, 5.74) is 3.81. The van der Waals surface area contributed by atoms with E-state index in [0.717, 1.165) is 28.8 Å². The summed E-state index contributed by atoms with van der Waals surface area (Å²) in [5, 5.41) is 3.55. The Hall–Kier alpha value is -1.87. The first-order chi connectivity index (χ1) is 9.61. The van der Waals surface area contributed by atoms with E-state index in [1.54, 1.807) is 12.1 Å².